The normalized spacial score (nSPS) is 11.3. The number of nitrogens with zero attached hydrogens (tertiary/aromatic N) is 4. The van der Waals surface area contributed by atoms with E-state index in [0.717, 1.165) is 66.4 Å². The molecule has 0 N–H and O–H groups in total. The third-order valence-electron chi connectivity index (χ3n) is 9.10. The van der Waals surface area contributed by atoms with Crippen LogP contribution in [0, 0.1) is 6.92 Å². The number of benzene rings is 6. The maximum atomic E-state index is 6.51. The number of aryl methyl sites for hydroxylation is 1. The molecule has 50 heavy (non-hydrogen) atoms. The lowest BCUT2D eigenvalue weighted by Gasteiger charge is -2.09. The predicted molar refractivity (Wildman–Crippen MR) is 202 cm³/mol. The average Bonchev–Trinajstić information content (AvgIpc) is 3.57. The Balaban J connectivity index is 1.14. The molecule has 236 valence electrons. The Kier molecular flexibility index (Phi) is 7.29. The van der Waals surface area contributed by atoms with Gasteiger partial charge in [0.05, 0.1) is 0 Å². The molecule has 3 heterocycles. The lowest BCUT2D eigenvalue weighted by atomic mass is 9.96. The number of aromatic nitrogens is 4. The molecule has 0 aliphatic carbocycles. The Hall–Kier alpha value is -6.72. The van der Waals surface area contributed by atoms with Crippen molar-refractivity contribution in [3.05, 3.63) is 170 Å². The number of pyridine rings is 1. The van der Waals surface area contributed by atoms with Gasteiger partial charge in [-0.2, -0.15) is 0 Å². The highest BCUT2D eigenvalue weighted by Gasteiger charge is 2.17. The lowest BCUT2D eigenvalue weighted by Crippen LogP contribution is -2.00. The highest BCUT2D eigenvalue weighted by atomic mass is 16.3. The van der Waals surface area contributed by atoms with Crippen molar-refractivity contribution in [1.29, 1.82) is 0 Å². The summed E-state index contributed by atoms with van der Waals surface area (Å²) in [6, 6.07) is 52.1. The number of hydrogen-bond donors (Lipinski definition) is 0. The third kappa shape index (κ3) is 5.51. The first-order valence-electron chi connectivity index (χ1n) is 16.6. The first-order valence-corrected chi connectivity index (χ1v) is 16.6. The van der Waals surface area contributed by atoms with Crippen molar-refractivity contribution in [3.63, 3.8) is 0 Å². The van der Waals surface area contributed by atoms with Crippen LogP contribution in [-0.2, 0) is 0 Å². The summed E-state index contributed by atoms with van der Waals surface area (Å²) in [5, 5.41) is 2.12. The molecule has 5 nitrogen and oxygen atoms in total. The molecule has 5 heteroatoms. The van der Waals surface area contributed by atoms with E-state index in [4.69, 9.17) is 19.4 Å². The molecule has 0 spiro atoms. The monoisotopic (exact) mass is 642 g/mol. The van der Waals surface area contributed by atoms with Crippen molar-refractivity contribution in [1.82, 2.24) is 19.9 Å². The fourth-order valence-electron chi connectivity index (χ4n) is 6.60. The zero-order valence-corrected chi connectivity index (χ0v) is 27.3. The van der Waals surface area contributed by atoms with E-state index in [1.165, 1.54) is 11.1 Å². The van der Waals surface area contributed by atoms with E-state index < -0.39 is 0 Å². The second kappa shape index (κ2) is 12.4. The summed E-state index contributed by atoms with van der Waals surface area (Å²) in [5.41, 5.74) is 12.4. The summed E-state index contributed by atoms with van der Waals surface area (Å²) < 4.78 is 6.51. The van der Waals surface area contributed by atoms with Crippen LogP contribution >= 0.6 is 0 Å². The van der Waals surface area contributed by atoms with Crippen LogP contribution in [0.4, 0.5) is 0 Å². The second-order valence-corrected chi connectivity index (χ2v) is 12.4. The SMILES string of the molecule is Cc1cccc(-c2ccc(-c3nc(-c4ccccc4)nc(-c4ccc5c(c4)oc4cccc(-c6cccc(-c7ccncc7)c6)c45)n3)cc2)c1. The van der Waals surface area contributed by atoms with Crippen LogP contribution in [0.3, 0.4) is 0 Å². The van der Waals surface area contributed by atoms with Crippen molar-refractivity contribution < 1.29 is 4.42 Å². The standard InChI is InChI=1S/C45H30N4O/c1-29-8-5-11-34(26-29)30-16-18-33(19-17-30)44-47-43(32-9-3-2-4-10-32)48-45(49-44)37-20-21-39-41(28-37)50-40-15-7-14-38(42(39)40)36-13-6-12-35(27-36)31-22-24-46-25-23-31/h2-28H,1H3. The van der Waals surface area contributed by atoms with Crippen molar-refractivity contribution in [2.75, 3.05) is 0 Å². The van der Waals surface area contributed by atoms with Gasteiger partial charge in [-0.25, -0.2) is 15.0 Å². The van der Waals surface area contributed by atoms with Crippen LogP contribution in [0.2, 0.25) is 0 Å². The van der Waals surface area contributed by atoms with Crippen LogP contribution in [0.25, 0.3) is 89.5 Å². The van der Waals surface area contributed by atoms with E-state index in [2.05, 4.69) is 109 Å². The summed E-state index contributed by atoms with van der Waals surface area (Å²) in [4.78, 5) is 19.1. The Morgan fingerprint density at radius 1 is 0.400 bits per heavy atom. The topological polar surface area (TPSA) is 64.7 Å². The van der Waals surface area contributed by atoms with Gasteiger partial charge in [-0.3, -0.25) is 4.98 Å². The molecule has 0 saturated carbocycles. The lowest BCUT2D eigenvalue weighted by molar-refractivity contribution is 0.669. The Morgan fingerprint density at radius 3 is 1.74 bits per heavy atom. The molecule has 0 unspecified atom stereocenters. The minimum Gasteiger partial charge on any atom is -0.456 e. The predicted octanol–water partition coefficient (Wildman–Crippen LogP) is 11.5. The van der Waals surface area contributed by atoms with Gasteiger partial charge in [0.2, 0.25) is 0 Å². The van der Waals surface area contributed by atoms with Crippen LogP contribution in [0.1, 0.15) is 5.56 Å². The molecule has 9 rings (SSSR count). The Morgan fingerprint density at radius 2 is 0.980 bits per heavy atom. The number of fused-ring (bicyclic) bond motifs is 3. The van der Waals surface area contributed by atoms with Crippen molar-refractivity contribution >= 4 is 21.9 Å². The number of hydrogen-bond acceptors (Lipinski definition) is 5. The molecule has 0 aliphatic heterocycles. The second-order valence-electron chi connectivity index (χ2n) is 12.4. The van der Waals surface area contributed by atoms with Gasteiger partial charge in [0.15, 0.2) is 17.5 Å². The fraction of sp³-hybridized carbons (Fsp3) is 0.0222. The van der Waals surface area contributed by atoms with Gasteiger partial charge in [0, 0.05) is 39.9 Å². The van der Waals surface area contributed by atoms with Gasteiger partial charge in [-0.15, -0.1) is 0 Å². The molecule has 0 bridgehead atoms. The zero-order valence-electron chi connectivity index (χ0n) is 27.3. The molecule has 6 aromatic carbocycles. The quantitative estimate of drug-likeness (QED) is 0.181. The zero-order chi connectivity index (χ0) is 33.4. The first-order chi connectivity index (χ1) is 24.7. The maximum Gasteiger partial charge on any atom is 0.164 e. The number of rotatable bonds is 6. The van der Waals surface area contributed by atoms with E-state index in [1.807, 2.05) is 67.0 Å². The van der Waals surface area contributed by atoms with Crippen molar-refractivity contribution in [2.45, 2.75) is 6.92 Å². The van der Waals surface area contributed by atoms with Crippen molar-refractivity contribution in [2.24, 2.45) is 0 Å². The van der Waals surface area contributed by atoms with E-state index >= 15 is 0 Å². The van der Waals surface area contributed by atoms with E-state index in [-0.39, 0.29) is 0 Å². The molecule has 0 atom stereocenters. The van der Waals surface area contributed by atoms with Gasteiger partial charge in [0.1, 0.15) is 11.2 Å². The summed E-state index contributed by atoms with van der Waals surface area (Å²) in [5.74, 6) is 1.82. The minimum atomic E-state index is 0.587. The molecule has 9 aromatic rings. The minimum absolute atomic E-state index is 0.587. The molecule has 0 saturated heterocycles. The molecular formula is C45H30N4O. The van der Waals surface area contributed by atoms with Gasteiger partial charge >= 0.3 is 0 Å². The average molecular weight is 643 g/mol. The first kappa shape index (κ1) is 29.4. The van der Waals surface area contributed by atoms with E-state index in [1.54, 1.807) is 0 Å². The Labute approximate surface area is 289 Å². The number of furan rings is 1. The molecule has 0 aliphatic rings. The summed E-state index contributed by atoms with van der Waals surface area (Å²) >= 11 is 0. The fourth-order valence-corrected chi connectivity index (χ4v) is 6.60. The van der Waals surface area contributed by atoms with Gasteiger partial charge in [0.25, 0.3) is 0 Å². The van der Waals surface area contributed by atoms with E-state index in [9.17, 15) is 0 Å². The highest BCUT2D eigenvalue weighted by Crippen LogP contribution is 2.39. The van der Waals surface area contributed by atoms with Gasteiger partial charge in [-0.05, 0) is 76.7 Å². The summed E-state index contributed by atoms with van der Waals surface area (Å²) in [6.07, 6.45) is 3.65. The maximum absolute atomic E-state index is 6.51. The molecule has 0 fully saturated rings. The highest BCUT2D eigenvalue weighted by molar-refractivity contribution is 6.13. The third-order valence-corrected chi connectivity index (χ3v) is 9.10. The van der Waals surface area contributed by atoms with Gasteiger partial charge < -0.3 is 4.42 Å². The molecular weight excluding hydrogens is 613 g/mol. The van der Waals surface area contributed by atoms with Crippen molar-refractivity contribution in [3.8, 4) is 67.5 Å². The van der Waals surface area contributed by atoms with Crippen LogP contribution in [-0.4, -0.2) is 19.9 Å². The summed E-state index contributed by atoms with van der Waals surface area (Å²) in [6.45, 7) is 2.11. The smallest absolute Gasteiger partial charge is 0.164 e. The molecule has 3 aromatic heterocycles. The van der Waals surface area contributed by atoms with Crippen LogP contribution in [0.15, 0.2) is 168 Å². The summed E-state index contributed by atoms with van der Waals surface area (Å²) in [7, 11) is 0. The van der Waals surface area contributed by atoms with Gasteiger partial charge in [-0.1, -0.05) is 121 Å². The Bertz CT molecular complexity index is 2650. The largest absolute Gasteiger partial charge is 0.456 e. The van der Waals surface area contributed by atoms with Crippen LogP contribution < -0.4 is 0 Å². The molecule has 0 radical (unpaired) electrons. The molecule has 0 amide bonds. The van der Waals surface area contributed by atoms with Crippen LogP contribution in [0.5, 0.6) is 0 Å². The van der Waals surface area contributed by atoms with E-state index in [0.29, 0.717) is 17.5 Å².